The largest absolute Gasteiger partial charge is 0.357 e. The molecule has 2 atom stereocenters. The smallest absolute Gasteiger partial charge is 0.191 e. The second kappa shape index (κ2) is 12.8. The molecule has 0 amide bonds. The summed E-state index contributed by atoms with van der Waals surface area (Å²) in [5, 5.41) is 6.53. The lowest BCUT2D eigenvalue weighted by molar-refractivity contribution is 0.143. The fourth-order valence-corrected chi connectivity index (χ4v) is 4.82. The zero-order valence-corrected chi connectivity index (χ0v) is 21.6. The average molecular weight is 555 g/mol. The highest BCUT2D eigenvalue weighted by Gasteiger charge is 2.21. The van der Waals surface area contributed by atoms with Crippen LogP contribution in [0.2, 0.25) is 0 Å². The minimum absolute atomic E-state index is 0. The van der Waals surface area contributed by atoms with Crippen molar-refractivity contribution in [3.63, 3.8) is 0 Å². The zero-order valence-electron chi connectivity index (χ0n) is 18.4. The first-order chi connectivity index (χ1) is 13.7. The van der Waals surface area contributed by atoms with Crippen LogP contribution in [0.5, 0.6) is 0 Å². The monoisotopic (exact) mass is 554 g/mol. The van der Waals surface area contributed by atoms with E-state index in [-0.39, 0.29) is 36.3 Å². The molecule has 0 saturated carbocycles. The van der Waals surface area contributed by atoms with Crippen LogP contribution in [0.25, 0.3) is 0 Å². The van der Waals surface area contributed by atoms with Gasteiger partial charge in [-0.05, 0) is 48.4 Å². The molecule has 2 N–H and O–H groups in total. The first kappa shape index (κ1) is 27.1. The Balaban J connectivity index is 0.00000450. The third kappa shape index (κ3) is 9.91. The Morgan fingerprint density at radius 2 is 1.87 bits per heavy atom. The van der Waals surface area contributed by atoms with Crippen LogP contribution in [-0.2, 0) is 22.1 Å². The van der Waals surface area contributed by atoms with E-state index in [0.29, 0.717) is 23.6 Å². The van der Waals surface area contributed by atoms with Crippen LogP contribution >= 0.6 is 24.0 Å². The van der Waals surface area contributed by atoms with E-state index in [1.54, 1.807) is 0 Å². The van der Waals surface area contributed by atoms with Crippen molar-refractivity contribution < 1.29 is 12.8 Å². The molecule has 6 nitrogen and oxygen atoms in total. The van der Waals surface area contributed by atoms with E-state index >= 15 is 0 Å². The van der Waals surface area contributed by atoms with Gasteiger partial charge in [0.2, 0.25) is 0 Å². The molecule has 1 aliphatic rings. The van der Waals surface area contributed by atoms with Gasteiger partial charge < -0.3 is 15.5 Å². The molecule has 1 fully saturated rings. The summed E-state index contributed by atoms with van der Waals surface area (Å²) in [6.07, 6.45) is 2.47. The molecule has 0 aliphatic carbocycles. The predicted octanol–water partition coefficient (Wildman–Crippen LogP) is 3.02. The molecule has 0 bridgehead atoms. The number of aliphatic imine (C=N–C) groups is 1. The van der Waals surface area contributed by atoms with E-state index in [9.17, 15) is 12.8 Å². The van der Waals surface area contributed by atoms with E-state index in [0.717, 1.165) is 38.0 Å². The molecule has 1 aliphatic heterocycles. The van der Waals surface area contributed by atoms with Gasteiger partial charge in [0.25, 0.3) is 0 Å². The number of piperidine rings is 1. The van der Waals surface area contributed by atoms with Crippen molar-refractivity contribution in [3.8, 4) is 0 Å². The van der Waals surface area contributed by atoms with Crippen molar-refractivity contribution >= 4 is 39.8 Å². The molecule has 1 aromatic carbocycles. The lowest BCUT2D eigenvalue weighted by atomic mass is 9.92. The summed E-state index contributed by atoms with van der Waals surface area (Å²) in [5.74, 6) is 1.59. The second-order valence-corrected chi connectivity index (χ2v) is 10.5. The lowest BCUT2D eigenvalue weighted by Crippen LogP contribution is -2.45. The van der Waals surface area contributed by atoms with Crippen molar-refractivity contribution in [1.29, 1.82) is 0 Å². The quantitative estimate of drug-likeness (QED) is 0.294. The SMILES string of the molecule is CCNC(=NCc1cc(F)ccc1CS(C)(=O)=O)NCCN1CC(C)CC(C)C1.I. The Hall–Kier alpha value is -0.940. The molecule has 1 heterocycles. The maximum absolute atomic E-state index is 13.7. The maximum atomic E-state index is 13.7. The predicted molar refractivity (Wildman–Crippen MR) is 133 cm³/mol. The summed E-state index contributed by atoms with van der Waals surface area (Å²) in [4.78, 5) is 7.02. The van der Waals surface area contributed by atoms with Gasteiger partial charge in [0, 0.05) is 39.0 Å². The molecule has 30 heavy (non-hydrogen) atoms. The second-order valence-electron chi connectivity index (χ2n) is 8.31. The molecule has 0 radical (unpaired) electrons. The average Bonchev–Trinajstić information content (AvgIpc) is 2.59. The van der Waals surface area contributed by atoms with Crippen LogP contribution in [-0.4, -0.2) is 58.3 Å². The van der Waals surface area contributed by atoms with Gasteiger partial charge in [0.1, 0.15) is 5.82 Å². The molecular weight excluding hydrogens is 518 g/mol. The van der Waals surface area contributed by atoms with E-state index in [1.165, 1.54) is 30.9 Å². The summed E-state index contributed by atoms with van der Waals surface area (Å²) < 4.78 is 37.0. The van der Waals surface area contributed by atoms with E-state index in [1.807, 2.05) is 6.92 Å². The van der Waals surface area contributed by atoms with Crippen molar-refractivity contribution in [2.75, 3.05) is 39.0 Å². The highest BCUT2D eigenvalue weighted by atomic mass is 127. The summed E-state index contributed by atoms with van der Waals surface area (Å²) in [6, 6.07) is 4.18. The minimum atomic E-state index is -3.20. The van der Waals surface area contributed by atoms with E-state index in [4.69, 9.17) is 0 Å². The number of hydrogen-bond acceptors (Lipinski definition) is 4. The standard InChI is InChI=1S/C21H35FN4O2S.HI/c1-5-23-21(24-8-9-26-13-16(2)10-17(3)14-26)25-12-19-11-20(22)7-6-18(19)15-29(4,27)28;/h6-7,11,16-17H,5,8-10,12-15H2,1-4H3,(H2,23,24,25);1H. The molecule has 0 aromatic heterocycles. The number of guanidine groups is 1. The summed E-state index contributed by atoms with van der Waals surface area (Å²) in [6.45, 7) is 11.5. The van der Waals surface area contributed by atoms with Crippen molar-refractivity contribution in [2.24, 2.45) is 16.8 Å². The molecule has 1 aromatic rings. The summed E-state index contributed by atoms with van der Waals surface area (Å²) in [7, 11) is -3.20. The van der Waals surface area contributed by atoms with Gasteiger partial charge in [-0.25, -0.2) is 17.8 Å². The molecule has 1 saturated heterocycles. The van der Waals surface area contributed by atoms with Gasteiger partial charge in [-0.15, -0.1) is 24.0 Å². The first-order valence-electron chi connectivity index (χ1n) is 10.4. The number of nitrogens with one attached hydrogen (secondary N) is 2. The third-order valence-electron chi connectivity index (χ3n) is 5.00. The Morgan fingerprint density at radius 3 is 2.47 bits per heavy atom. The maximum Gasteiger partial charge on any atom is 0.191 e. The Labute approximate surface area is 198 Å². The third-order valence-corrected chi connectivity index (χ3v) is 5.84. The number of halogens is 2. The summed E-state index contributed by atoms with van der Waals surface area (Å²) in [5.41, 5.74) is 1.18. The van der Waals surface area contributed by atoms with Crippen LogP contribution in [0.1, 0.15) is 38.3 Å². The topological polar surface area (TPSA) is 73.8 Å². The van der Waals surface area contributed by atoms with Crippen molar-refractivity contribution in [1.82, 2.24) is 15.5 Å². The van der Waals surface area contributed by atoms with Gasteiger partial charge in [-0.2, -0.15) is 0 Å². The van der Waals surface area contributed by atoms with Crippen LogP contribution in [0.4, 0.5) is 4.39 Å². The van der Waals surface area contributed by atoms with Gasteiger partial charge in [-0.1, -0.05) is 19.9 Å². The number of likely N-dealkylation sites (tertiary alicyclic amines) is 1. The Kier molecular flexibility index (Phi) is 11.6. The van der Waals surface area contributed by atoms with Crippen molar-refractivity contribution in [2.45, 2.75) is 39.5 Å². The molecule has 9 heteroatoms. The van der Waals surface area contributed by atoms with Gasteiger partial charge >= 0.3 is 0 Å². The number of hydrogen-bond donors (Lipinski definition) is 2. The lowest BCUT2D eigenvalue weighted by Gasteiger charge is -2.35. The van der Waals surface area contributed by atoms with Crippen LogP contribution in [0, 0.1) is 17.7 Å². The molecule has 172 valence electrons. The summed E-state index contributed by atoms with van der Waals surface area (Å²) >= 11 is 0. The van der Waals surface area contributed by atoms with Gasteiger partial charge in [0.15, 0.2) is 15.8 Å². The Morgan fingerprint density at radius 1 is 1.20 bits per heavy atom. The van der Waals surface area contributed by atoms with Gasteiger partial charge in [0.05, 0.1) is 12.3 Å². The van der Waals surface area contributed by atoms with E-state index < -0.39 is 15.7 Å². The Bertz CT molecular complexity index is 794. The normalized spacial score (nSPS) is 20.5. The molecule has 0 spiro atoms. The highest BCUT2D eigenvalue weighted by molar-refractivity contribution is 14.0. The number of benzene rings is 1. The zero-order chi connectivity index (χ0) is 21.4. The fraction of sp³-hybridized carbons (Fsp3) is 0.667. The van der Waals surface area contributed by atoms with Crippen LogP contribution < -0.4 is 10.6 Å². The minimum Gasteiger partial charge on any atom is -0.357 e. The van der Waals surface area contributed by atoms with Crippen LogP contribution in [0.15, 0.2) is 23.2 Å². The molecular formula is C21H36FIN4O2S. The number of rotatable bonds is 8. The fourth-order valence-electron chi connectivity index (χ4n) is 3.98. The highest BCUT2D eigenvalue weighted by Crippen LogP contribution is 2.20. The van der Waals surface area contributed by atoms with Gasteiger partial charge in [-0.3, -0.25) is 0 Å². The van der Waals surface area contributed by atoms with E-state index in [2.05, 4.69) is 34.4 Å². The molecule has 2 rings (SSSR count). The molecule has 2 unspecified atom stereocenters. The van der Waals surface area contributed by atoms with Crippen LogP contribution in [0.3, 0.4) is 0 Å². The van der Waals surface area contributed by atoms with Crippen molar-refractivity contribution in [3.05, 3.63) is 35.1 Å². The first-order valence-corrected chi connectivity index (χ1v) is 12.4. The number of sulfone groups is 1. The number of nitrogens with zero attached hydrogens (tertiary/aromatic N) is 2.